The van der Waals surface area contributed by atoms with Crippen molar-refractivity contribution < 1.29 is 9.66 Å². The molecule has 1 aromatic heterocycles. The van der Waals surface area contributed by atoms with Crippen LogP contribution >= 0.6 is 0 Å². The van der Waals surface area contributed by atoms with Gasteiger partial charge < -0.3 is 10.1 Å². The van der Waals surface area contributed by atoms with Crippen LogP contribution in [0.15, 0.2) is 12.7 Å². The van der Waals surface area contributed by atoms with E-state index in [0.717, 1.165) is 0 Å². The van der Waals surface area contributed by atoms with Gasteiger partial charge in [0.15, 0.2) is 0 Å². The second-order valence-electron chi connectivity index (χ2n) is 4.63. The molecular weight excluding hydrogens is 260 g/mol. The van der Waals surface area contributed by atoms with E-state index in [9.17, 15) is 10.1 Å². The first-order valence-electron chi connectivity index (χ1n) is 6.52. The second kappa shape index (κ2) is 7.42. The van der Waals surface area contributed by atoms with Crippen LogP contribution in [0.2, 0.25) is 0 Å². The molecule has 0 atom stereocenters. The second-order valence-corrected chi connectivity index (χ2v) is 4.63. The monoisotopic (exact) mass is 280 g/mol. The summed E-state index contributed by atoms with van der Waals surface area (Å²) in [5.74, 6) is 0.933. The number of hydrogen-bond donors (Lipinski definition) is 1. The predicted octanol–water partition coefficient (Wildman–Crippen LogP) is 2.58. The Morgan fingerprint density at radius 3 is 2.70 bits per heavy atom. The SMILES string of the molecule is C=CCNc1nc(CC)nc(OCC(C)C)c1[N+](=O)[O-]. The van der Waals surface area contributed by atoms with Crippen molar-refractivity contribution in [2.75, 3.05) is 18.5 Å². The molecular formula is C13H20N4O3. The van der Waals surface area contributed by atoms with Crippen LogP contribution in [0.25, 0.3) is 0 Å². The molecule has 20 heavy (non-hydrogen) atoms. The summed E-state index contributed by atoms with van der Waals surface area (Å²) in [4.78, 5) is 19.0. The average Bonchev–Trinajstić information content (AvgIpc) is 2.41. The highest BCUT2D eigenvalue weighted by molar-refractivity contribution is 5.62. The van der Waals surface area contributed by atoms with E-state index in [1.807, 2.05) is 20.8 Å². The Bertz CT molecular complexity index is 489. The largest absolute Gasteiger partial charge is 0.472 e. The molecule has 0 aliphatic carbocycles. The zero-order valence-corrected chi connectivity index (χ0v) is 12.0. The first-order valence-corrected chi connectivity index (χ1v) is 6.52. The Hall–Kier alpha value is -2.18. The third kappa shape index (κ3) is 4.18. The Kier molecular flexibility index (Phi) is 5.89. The van der Waals surface area contributed by atoms with Gasteiger partial charge in [-0.05, 0) is 5.92 Å². The van der Waals surface area contributed by atoms with Crippen molar-refractivity contribution in [1.82, 2.24) is 9.97 Å². The molecule has 7 heteroatoms. The Labute approximate surface area is 118 Å². The first kappa shape index (κ1) is 15.9. The lowest BCUT2D eigenvalue weighted by Gasteiger charge is -2.11. The number of nitro groups is 1. The molecule has 1 heterocycles. The normalized spacial score (nSPS) is 10.4. The molecule has 1 aromatic rings. The van der Waals surface area contributed by atoms with E-state index >= 15 is 0 Å². The summed E-state index contributed by atoms with van der Waals surface area (Å²) in [6, 6.07) is 0. The van der Waals surface area contributed by atoms with Crippen molar-refractivity contribution in [1.29, 1.82) is 0 Å². The molecule has 1 rings (SSSR count). The van der Waals surface area contributed by atoms with Crippen molar-refractivity contribution in [3.63, 3.8) is 0 Å². The average molecular weight is 280 g/mol. The van der Waals surface area contributed by atoms with Gasteiger partial charge in [0.05, 0.1) is 11.5 Å². The zero-order valence-electron chi connectivity index (χ0n) is 12.0. The van der Waals surface area contributed by atoms with Gasteiger partial charge in [0, 0.05) is 13.0 Å². The fourth-order valence-electron chi connectivity index (χ4n) is 1.44. The van der Waals surface area contributed by atoms with Gasteiger partial charge in [-0.2, -0.15) is 4.98 Å². The van der Waals surface area contributed by atoms with Gasteiger partial charge in [-0.15, -0.1) is 6.58 Å². The molecule has 0 radical (unpaired) electrons. The predicted molar refractivity (Wildman–Crippen MR) is 77.1 cm³/mol. The number of aromatic nitrogens is 2. The fraction of sp³-hybridized carbons (Fsp3) is 0.538. The highest BCUT2D eigenvalue weighted by Gasteiger charge is 2.26. The minimum atomic E-state index is -0.527. The summed E-state index contributed by atoms with van der Waals surface area (Å²) in [5, 5.41) is 14.1. The van der Waals surface area contributed by atoms with Gasteiger partial charge in [-0.1, -0.05) is 26.8 Å². The Balaban J connectivity index is 3.22. The molecule has 0 aliphatic heterocycles. The third-order valence-electron chi connectivity index (χ3n) is 2.36. The van der Waals surface area contributed by atoms with Crippen LogP contribution in [-0.4, -0.2) is 28.0 Å². The molecule has 7 nitrogen and oxygen atoms in total. The molecule has 0 aromatic carbocycles. The molecule has 0 fully saturated rings. The van der Waals surface area contributed by atoms with Gasteiger partial charge in [-0.3, -0.25) is 10.1 Å². The first-order chi connectivity index (χ1) is 9.49. The quantitative estimate of drug-likeness (QED) is 0.447. The van der Waals surface area contributed by atoms with Crippen molar-refractivity contribution in [3.05, 3.63) is 28.6 Å². The molecule has 0 aliphatic rings. The number of nitrogens with one attached hydrogen (secondary N) is 1. The molecule has 0 amide bonds. The summed E-state index contributed by atoms with van der Waals surface area (Å²) >= 11 is 0. The molecule has 0 bridgehead atoms. The standard InChI is InChI=1S/C13H20N4O3/c1-5-7-14-12-11(17(18)19)13(20-8-9(3)4)16-10(6-2)15-12/h5,9H,1,6-8H2,2-4H3,(H,14,15,16). The lowest BCUT2D eigenvalue weighted by Crippen LogP contribution is -2.13. The fourth-order valence-corrected chi connectivity index (χ4v) is 1.44. The van der Waals surface area contributed by atoms with Crippen molar-refractivity contribution >= 4 is 11.5 Å². The smallest absolute Gasteiger partial charge is 0.372 e. The van der Waals surface area contributed by atoms with Gasteiger partial charge in [0.1, 0.15) is 5.82 Å². The van der Waals surface area contributed by atoms with Crippen LogP contribution in [0.4, 0.5) is 11.5 Å². The van der Waals surface area contributed by atoms with Gasteiger partial charge >= 0.3 is 5.69 Å². The lowest BCUT2D eigenvalue weighted by molar-refractivity contribution is -0.385. The van der Waals surface area contributed by atoms with Crippen molar-refractivity contribution in [3.8, 4) is 5.88 Å². The minimum absolute atomic E-state index is 0.0158. The molecule has 0 saturated carbocycles. The summed E-state index contributed by atoms with van der Waals surface area (Å²) in [7, 11) is 0. The lowest BCUT2D eigenvalue weighted by atomic mass is 10.2. The maximum absolute atomic E-state index is 11.2. The van der Waals surface area contributed by atoms with Gasteiger partial charge in [-0.25, -0.2) is 4.98 Å². The van der Waals surface area contributed by atoms with Crippen LogP contribution in [0.1, 0.15) is 26.6 Å². The molecule has 0 saturated heterocycles. The van der Waals surface area contributed by atoms with E-state index in [1.54, 1.807) is 6.08 Å². The maximum Gasteiger partial charge on any atom is 0.372 e. The number of anilines is 1. The van der Waals surface area contributed by atoms with Gasteiger partial charge in [0.25, 0.3) is 5.88 Å². The van der Waals surface area contributed by atoms with Crippen LogP contribution in [0.3, 0.4) is 0 Å². The van der Waals surface area contributed by atoms with Crippen LogP contribution in [0, 0.1) is 16.0 Å². The molecule has 110 valence electrons. The van der Waals surface area contributed by atoms with Gasteiger partial charge in [0.2, 0.25) is 5.82 Å². The molecule has 0 spiro atoms. The zero-order chi connectivity index (χ0) is 15.1. The number of hydrogen-bond acceptors (Lipinski definition) is 6. The van der Waals surface area contributed by atoms with E-state index in [4.69, 9.17) is 4.74 Å². The topological polar surface area (TPSA) is 90.2 Å². The highest BCUT2D eigenvalue weighted by atomic mass is 16.6. The minimum Gasteiger partial charge on any atom is -0.472 e. The Morgan fingerprint density at radius 2 is 2.20 bits per heavy atom. The number of nitrogens with zero attached hydrogens (tertiary/aromatic N) is 3. The van der Waals surface area contributed by atoms with Crippen molar-refractivity contribution in [2.45, 2.75) is 27.2 Å². The molecule has 1 N–H and O–H groups in total. The summed E-state index contributed by atoms with van der Waals surface area (Å²) in [6.07, 6.45) is 2.17. The van der Waals surface area contributed by atoms with Crippen LogP contribution in [0.5, 0.6) is 5.88 Å². The summed E-state index contributed by atoms with van der Waals surface area (Å²) in [5.41, 5.74) is -0.232. The molecule has 0 unspecified atom stereocenters. The van der Waals surface area contributed by atoms with E-state index in [1.165, 1.54) is 0 Å². The van der Waals surface area contributed by atoms with Crippen LogP contribution < -0.4 is 10.1 Å². The maximum atomic E-state index is 11.2. The summed E-state index contributed by atoms with van der Waals surface area (Å²) < 4.78 is 5.46. The highest BCUT2D eigenvalue weighted by Crippen LogP contribution is 2.32. The Morgan fingerprint density at radius 1 is 1.50 bits per heavy atom. The third-order valence-corrected chi connectivity index (χ3v) is 2.36. The van der Waals surface area contributed by atoms with E-state index in [0.29, 0.717) is 25.4 Å². The number of ether oxygens (including phenoxy) is 1. The van der Waals surface area contributed by atoms with Crippen LogP contribution in [-0.2, 0) is 6.42 Å². The number of aryl methyl sites for hydroxylation is 1. The number of rotatable bonds is 8. The van der Waals surface area contributed by atoms with E-state index in [2.05, 4.69) is 21.9 Å². The van der Waals surface area contributed by atoms with E-state index in [-0.39, 0.29) is 23.3 Å². The van der Waals surface area contributed by atoms with Crippen molar-refractivity contribution in [2.24, 2.45) is 5.92 Å². The summed E-state index contributed by atoms with van der Waals surface area (Å²) in [6.45, 7) is 10.1. The van der Waals surface area contributed by atoms with E-state index < -0.39 is 4.92 Å².